The van der Waals surface area contributed by atoms with Crippen LogP contribution in [0.3, 0.4) is 0 Å². The van der Waals surface area contributed by atoms with Gasteiger partial charge in [-0.15, -0.1) is 0 Å². The Morgan fingerprint density at radius 3 is 2.62 bits per heavy atom. The molecule has 0 radical (unpaired) electrons. The molecule has 0 atom stereocenters. The van der Waals surface area contributed by atoms with Crippen LogP contribution in [0.1, 0.15) is 44.1 Å². The van der Waals surface area contributed by atoms with Gasteiger partial charge in [-0.1, -0.05) is 20.8 Å². The number of rotatable bonds is 0. The fourth-order valence-electron chi connectivity index (χ4n) is 2.44. The molecule has 0 N–H and O–H groups in total. The molecule has 0 aromatic carbocycles. The maximum Gasteiger partial charge on any atom is 0.0633 e. The summed E-state index contributed by atoms with van der Waals surface area (Å²) in [6.45, 7) is 10.1. The van der Waals surface area contributed by atoms with E-state index in [2.05, 4.69) is 37.5 Å². The summed E-state index contributed by atoms with van der Waals surface area (Å²) in [6, 6.07) is 0. The van der Waals surface area contributed by atoms with Crippen molar-refractivity contribution >= 4 is 0 Å². The van der Waals surface area contributed by atoms with Crippen LogP contribution in [0.4, 0.5) is 0 Å². The molecule has 1 aromatic rings. The van der Waals surface area contributed by atoms with Gasteiger partial charge in [-0.25, -0.2) is 0 Å². The van der Waals surface area contributed by atoms with Crippen LogP contribution < -0.4 is 0 Å². The van der Waals surface area contributed by atoms with Gasteiger partial charge in [-0.2, -0.15) is 5.10 Å². The Hall–Kier alpha value is -0.790. The van der Waals surface area contributed by atoms with Crippen LogP contribution in [0, 0.1) is 6.92 Å². The summed E-state index contributed by atoms with van der Waals surface area (Å²) >= 11 is 0. The first-order chi connectivity index (χ1) is 6.00. The Morgan fingerprint density at radius 2 is 2.00 bits per heavy atom. The zero-order valence-corrected chi connectivity index (χ0v) is 9.02. The first-order valence-electron chi connectivity index (χ1n) is 5.07. The molecular formula is C11H18N2. The summed E-state index contributed by atoms with van der Waals surface area (Å²) in [5.74, 6) is 0. The number of nitrogens with zero attached hydrogens (tertiary/aromatic N) is 2. The second kappa shape index (κ2) is 2.60. The first-order valence-corrected chi connectivity index (χ1v) is 5.07. The zero-order chi connectivity index (χ0) is 9.64. The van der Waals surface area contributed by atoms with E-state index in [4.69, 9.17) is 0 Å². The molecule has 2 heteroatoms. The largest absolute Gasteiger partial charge is 0.269 e. The zero-order valence-electron chi connectivity index (χ0n) is 9.02. The maximum atomic E-state index is 4.57. The van der Waals surface area contributed by atoms with Crippen LogP contribution in [-0.2, 0) is 18.4 Å². The summed E-state index contributed by atoms with van der Waals surface area (Å²) in [5, 5.41) is 4.57. The van der Waals surface area contributed by atoms with Crippen molar-refractivity contribution in [3.63, 3.8) is 0 Å². The lowest BCUT2D eigenvalue weighted by Crippen LogP contribution is -2.14. The van der Waals surface area contributed by atoms with Crippen LogP contribution in [0.15, 0.2) is 0 Å². The van der Waals surface area contributed by atoms with Crippen molar-refractivity contribution in [1.29, 1.82) is 0 Å². The predicted octanol–water partition coefficient (Wildman–Crippen LogP) is 2.44. The fourth-order valence-corrected chi connectivity index (χ4v) is 2.44. The predicted molar refractivity (Wildman–Crippen MR) is 54.0 cm³/mol. The Labute approximate surface area is 80.0 Å². The van der Waals surface area contributed by atoms with E-state index in [9.17, 15) is 0 Å². The van der Waals surface area contributed by atoms with E-state index in [0.717, 1.165) is 6.54 Å². The van der Waals surface area contributed by atoms with E-state index in [1.807, 2.05) is 0 Å². The Balaban J connectivity index is 2.56. The summed E-state index contributed by atoms with van der Waals surface area (Å²) in [6.07, 6.45) is 2.49. The van der Waals surface area contributed by atoms with E-state index in [1.165, 1.54) is 29.8 Å². The molecule has 0 amide bonds. The van der Waals surface area contributed by atoms with Crippen LogP contribution >= 0.6 is 0 Å². The van der Waals surface area contributed by atoms with Gasteiger partial charge in [0, 0.05) is 17.8 Å². The molecule has 1 aliphatic rings. The van der Waals surface area contributed by atoms with Gasteiger partial charge in [0.2, 0.25) is 0 Å². The molecule has 0 spiro atoms. The van der Waals surface area contributed by atoms with Crippen LogP contribution in [0.25, 0.3) is 0 Å². The number of hydrogen-bond donors (Lipinski definition) is 0. The molecule has 2 heterocycles. The first kappa shape index (κ1) is 8.79. The van der Waals surface area contributed by atoms with E-state index in [-0.39, 0.29) is 5.41 Å². The van der Waals surface area contributed by atoms with Gasteiger partial charge >= 0.3 is 0 Å². The van der Waals surface area contributed by atoms with Crippen molar-refractivity contribution in [2.24, 2.45) is 0 Å². The van der Waals surface area contributed by atoms with Crippen LogP contribution in [0.2, 0.25) is 0 Å². The van der Waals surface area contributed by atoms with Crippen molar-refractivity contribution in [2.75, 3.05) is 0 Å². The van der Waals surface area contributed by atoms with E-state index < -0.39 is 0 Å². The molecule has 1 aromatic heterocycles. The third-order valence-corrected chi connectivity index (χ3v) is 2.77. The third-order valence-electron chi connectivity index (χ3n) is 2.77. The highest BCUT2D eigenvalue weighted by molar-refractivity contribution is 5.33. The lowest BCUT2D eigenvalue weighted by Gasteiger charge is -2.19. The topological polar surface area (TPSA) is 17.8 Å². The quantitative estimate of drug-likeness (QED) is 0.596. The maximum absolute atomic E-state index is 4.57. The lowest BCUT2D eigenvalue weighted by molar-refractivity contribution is 0.579. The average molecular weight is 178 g/mol. The number of aryl methyl sites for hydroxylation is 2. The van der Waals surface area contributed by atoms with Crippen molar-refractivity contribution in [3.8, 4) is 0 Å². The van der Waals surface area contributed by atoms with Gasteiger partial charge in [-0.3, -0.25) is 4.68 Å². The normalized spacial score (nSPS) is 16.3. The standard InChI is InChI=1S/C11H18N2/c1-8-10(11(2,3)4)9-6-5-7-13(9)12-8/h5-7H2,1-4H3. The highest BCUT2D eigenvalue weighted by Crippen LogP contribution is 2.32. The minimum Gasteiger partial charge on any atom is -0.269 e. The van der Waals surface area contributed by atoms with Gasteiger partial charge < -0.3 is 0 Å². The van der Waals surface area contributed by atoms with Crippen LogP contribution in [-0.4, -0.2) is 9.78 Å². The van der Waals surface area contributed by atoms with Crippen molar-refractivity contribution < 1.29 is 0 Å². The summed E-state index contributed by atoms with van der Waals surface area (Å²) in [5.41, 5.74) is 4.43. The molecule has 72 valence electrons. The van der Waals surface area contributed by atoms with Gasteiger partial charge in [0.25, 0.3) is 0 Å². The highest BCUT2D eigenvalue weighted by Gasteiger charge is 2.27. The summed E-state index contributed by atoms with van der Waals surface area (Å²) in [4.78, 5) is 0. The number of hydrogen-bond acceptors (Lipinski definition) is 1. The molecule has 1 aliphatic heterocycles. The molecule has 13 heavy (non-hydrogen) atoms. The minimum atomic E-state index is 0.252. The Bertz CT molecular complexity index is 329. The van der Waals surface area contributed by atoms with Crippen LogP contribution in [0.5, 0.6) is 0 Å². The molecule has 0 unspecified atom stereocenters. The second-order valence-electron chi connectivity index (χ2n) is 4.98. The van der Waals surface area contributed by atoms with Crippen molar-refractivity contribution in [3.05, 3.63) is 17.0 Å². The SMILES string of the molecule is Cc1nn2c(c1C(C)(C)C)CCC2. The molecule has 2 nitrogen and oxygen atoms in total. The fraction of sp³-hybridized carbons (Fsp3) is 0.727. The Kier molecular flexibility index (Phi) is 1.76. The molecule has 0 fully saturated rings. The smallest absolute Gasteiger partial charge is 0.0633 e. The molecule has 0 saturated heterocycles. The van der Waals surface area contributed by atoms with Gasteiger partial charge in [-0.05, 0) is 25.2 Å². The van der Waals surface area contributed by atoms with E-state index in [1.54, 1.807) is 0 Å². The van der Waals surface area contributed by atoms with E-state index >= 15 is 0 Å². The third kappa shape index (κ3) is 1.28. The number of fused-ring (bicyclic) bond motifs is 1. The number of aromatic nitrogens is 2. The molecule has 0 bridgehead atoms. The van der Waals surface area contributed by atoms with Gasteiger partial charge in [0.1, 0.15) is 0 Å². The molecular weight excluding hydrogens is 160 g/mol. The second-order valence-corrected chi connectivity index (χ2v) is 4.98. The molecule has 0 saturated carbocycles. The van der Waals surface area contributed by atoms with Gasteiger partial charge in [0.15, 0.2) is 0 Å². The Morgan fingerprint density at radius 1 is 1.31 bits per heavy atom. The lowest BCUT2D eigenvalue weighted by atomic mass is 9.85. The average Bonchev–Trinajstić information content (AvgIpc) is 2.41. The van der Waals surface area contributed by atoms with Crippen molar-refractivity contribution in [1.82, 2.24) is 9.78 Å². The van der Waals surface area contributed by atoms with Crippen molar-refractivity contribution in [2.45, 2.75) is 52.5 Å². The monoisotopic (exact) mass is 178 g/mol. The molecule has 0 aliphatic carbocycles. The molecule has 2 rings (SSSR count). The van der Waals surface area contributed by atoms with E-state index in [0.29, 0.717) is 0 Å². The summed E-state index contributed by atoms with van der Waals surface area (Å²) < 4.78 is 2.19. The summed E-state index contributed by atoms with van der Waals surface area (Å²) in [7, 11) is 0. The highest BCUT2D eigenvalue weighted by atomic mass is 15.3. The minimum absolute atomic E-state index is 0.252. The van der Waals surface area contributed by atoms with Gasteiger partial charge in [0.05, 0.1) is 5.69 Å².